The van der Waals surface area contributed by atoms with Crippen molar-refractivity contribution in [3.05, 3.63) is 65.3 Å². The van der Waals surface area contributed by atoms with Crippen LogP contribution >= 0.6 is 11.3 Å². The molecule has 23 heavy (non-hydrogen) atoms. The van der Waals surface area contributed by atoms with E-state index in [1.807, 2.05) is 36.5 Å². The van der Waals surface area contributed by atoms with Gasteiger partial charge in [-0.05, 0) is 48.0 Å². The van der Waals surface area contributed by atoms with Crippen molar-refractivity contribution in [2.45, 2.75) is 0 Å². The normalized spacial score (nSPS) is 11.5. The van der Waals surface area contributed by atoms with E-state index in [4.69, 9.17) is 4.74 Å². The van der Waals surface area contributed by atoms with Gasteiger partial charge < -0.3 is 4.74 Å². The van der Waals surface area contributed by atoms with Crippen molar-refractivity contribution in [1.29, 1.82) is 0 Å². The maximum absolute atomic E-state index is 5.26. The first-order valence-electron chi connectivity index (χ1n) is 7.29. The zero-order valence-corrected chi connectivity index (χ0v) is 13.4. The number of methoxy groups -OCH3 is 1. The molecular weight excluding hydrogens is 304 g/mol. The zero-order valence-electron chi connectivity index (χ0n) is 12.6. The van der Waals surface area contributed by atoms with Crippen LogP contribution in [0.4, 0.5) is 0 Å². The first kappa shape index (κ1) is 13.9. The zero-order chi connectivity index (χ0) is 15.6. The molecule has 0 bridgehead atoms. The van der Waals surface area contributed by atoms with Crippen LogP contribution in [-0.4, -0.2) is 17.1 Å². The molecule has 0 spiro atoms. The quantitative estimate of drug-likeness (QED) is 0.532. The third-order valence-corrected chi connectivity index (χ3v) is 4.64. The molecule has 0 radical (unpaired) electrons. The lowest BCUT2D eigenvalue weighted by molar-refractivity contribution is 0.415. The van der Waals surface area contributed by atoms with E-state index in [1.165, 1.54) is 0 Å². The molecule has 2 aromatic heterocycles. The van der Waals surface area contributed by atoms with Gasteiger partial charge in [-0.1, -0.05) is 18.2 Å². The minimum absolute atomic E-state index is 0.860. The van der Waals surface area contributed by atoms with Gasteiger partial charge in [0.05, 0.1) is 22.8 Å². The summed E-state index contributed by atoms with van der Waals surface area (Å²) in [5.41, 5.74) is 3.15. The van der Waals surface area contributed by atoms with Gasteiger partial charge in [-0.25, -0.2) is 4.98 Å². The SMILES string of the molecule is COc1ccc2nc(/C=C/c3ccc4ncccc4c3)sc2c1. The highest BCUT2D eigenvalue weighted by Gasteiger charge is 2.03. The second kappa shape index (κ2) is 5.82. The van der Waals surface area contributed by atoms with Crippen molar-refractivity contribution in [1.82, 2.24) is 9.97 Å². The fourth-order valence-corrected chi connectivity index (χ4v) is 3.39. The summed E-state index contributed by atoms with van der Waals surface area (Å²) in [6.07, 6.45) is 5.95. The van der Waals surface area contributed by atoms with E-state index in [1.54, 1.807) is 18.4 Å². The van der Waals surface area contributed by atoms with E-state index < -0.39 is 0 Å². The monoisotopic (exact) mass is 318 g/mol. The van der Waals surface area contributed by atoms with Crippen LogP contribution in [0.1, 0.15) is 10.6 Å². The molecule has 0 unspecified atom stereocenters. The molecule has 4 heteroatoms. The number of hydrogen-bond acceptors (Lipinski definition) is 4. The minimum atomic E-state index is 0.860. The second-order valence-electron chi connectivity index (χ2n) is 5.17. The van der Waals surface area contributed by atoms with Gasteiger partial charge in [0.25, 0.3) is 0 Å². The van der Waals surface area contributed by atoms with Crippen molar-refractivity contribution < 1.29 is 4.74 Å². The van der Waals surface area contributed by atoms with Gasteiger partial charge in [0.2, 0.25) is 0 Å². The van der Waals surface area contributed by atoms with E-state index in [-0.39, 0.29) is 0 Å². The Morgan fingerprint density at radius 2 is 1.91 bits per heavy atom. The van der Waals surface area contributed by atoms with Gasteiger partial charge in [-0.15, -0.1) is 11.3 Å². The predicted octanol–water partition coefficient (Wildman–Crippen LogP) is 5.02. The Labute approximate surface area is 137 Å². The summed E-state index contributed by atoms with van der Waals surface area (Å²) in [6, 6.07) is 16.2. The van der Waals surface area contributed by atoms with E-state index in [2.05, 4.69) is 40.3 Å². The summed E-state index contributed by atoms with van der Waals surface area (Å²) in [4.78, 5) is 8.97. The van der Waals surface area contributed by atoms with Gasteiger partial charge in [0.15, 0.2) is 0 Å². The standard InChI is InChI=1S/C19H14N2OS/c1-22-15-6-8-17-18(12-15)23-19(21-17)9-5-13-4-7-16-14(11-13)3-2-10-20-16/h2-12H,1H3/b9-5+. The summed E-state index contributed by atoms with van der Waals surface area (Å²) in [5, 5.41) is 2.13. The van der Waals surface area contributed by atoms with Crippen molar-refractivity contribution in [2.24, 2.45) is 0 Å². The van der Waals surface area contributed by atoms with E-state index in [0.29, 0.717) is 0 Å². The lowest BCUT2D eigenvalue weighted by atomic mass is 10.1. The van der Waals surface area contributed by atoms with Crippen LogP contribution in [0.15, 0.2) is 54.7 Å². The number of hydrogen-bond donors (Lipinski definition) is 0. The average molecular weight is 318 g/mol. The van der Waals surface area contributed by atoms with Crippen molar-refractivity contribution >= 4 is 44.6 Å². The number of fused-ring (bicyclic) bond motifs is 2. The first-order chi connectivity index (χ1) is 11.3. The number of rotatable bonds is 3. The van der Waals surface area contributed by atoms with E-state index in [0.717, 1.165) is 37.4 Å². The molecule has 4 aromatic rings. The Bertz CT molecular complexity index is 1020. The summed E-state index contributed by atoms with van der Waals surface area (Å²) in [5.74, 6) is 0.860. The second-order valence-corrected chi connectivity index (χ2v) is 6.24. The van der Waals surface area contributed by atoms with Crippen molar-refractivity contribution in [3.8, 4) is 5.75 Å². The van der Waals surface area contributed by atoms with Gasteiger partial charge in [-0.3, -0.25) is 4.98 Å². The minimum Gasteiger partial charge on any atom is -0.497 e. The highest BCUT2D eigenvalue weighted by molar-refractivity contribution is 7.19. The number of pyridine rings is 1. The molecule has 4 rings (SSSR count). The van der Waals surface area contributed by atoms with Crippen LogP contribution in [0.5, 0.6) is 5.75 Å². The highest BCUT2D eigenvalue weighted by atomic mass is 32.1. The number of thiazole rings is 1. The fraction of sp³-hybridized carbons (Fsp3) is 0.0526. The Kier molecular flexibility index (Phi) is 3.52. The largest absolute Gasteiger partial charge is 0.497 e. The van der Waals surface area contributed by atoms with Crippen LogP contribution in [0.25, 0.3) is 33.3 Å². The molecule has 0 aliphatic heterocycles. The summed E-state index contributed by atoms with van der Waals surface area (Å²) in [7, 11) is 1.68. The van der Waals surface area contributed by atoms with Crippen LogP contribution in [0.3, 0.4) is 0 Å². The summed E-state index contributed by atoms with van der Waals surface area (Å²) in [6.45, 7) is 0. The summed E-state index contributed by atoms with van der Waals surface area (Å²) < 4.78 is 6.39. The topological polar surface area (TPSA) is 35.0 Å². The van der Waals surface area contributed by atoms with Gasteiger partial charge >= 0.3 is 0 Å². The molecule has 112 valence electrons. The molecule has 0 saturated heterocycles. The smallest absolute Gasteiger partial charge is 0.120 e. The average Bonchev–Trinajstić information content (AvgIpc) is 3.01. The molecular formula is C19H14N2OS. The van der Waals surface area contributed by atoms with Crippen molar-refractivity contribution in [2.75, 3.05) is 7.11 Å². The molecule has 0 N–H and O–H groups in total. The van der Waals surface area contributed by atoms with Crippen LogP contribution in [0, 0.1) is 0 Å². The maximum atomic E-state index is 5.26. The van der Waals surface area contributed by atoms with Crippen LogP contribution < -0.4 is 4.74 Å². The molecule has 2 heterocycles. The molecule has 3 nitrogen and oxygen atoms in total. The van der Waals surface area contributed by atoms with E-state index >= 15 is 0 Å². The van der Waals surface area contributed by atoms with Gasteiger partial charge in [0, 0.05) is 11.6 Å². The Morgan fingerprint density at radius 1 is 1.00 bits per heavy atom. The first-order valence-corrected chi connectivity index (χ1v) is 8.11. The lowest BCUT2D eigenvalue weighted by Gasteiger charge is -1.97. The fourth-order valence-electron chi connectivity index (χ4n) is 2.49. The van der Waals surface area contributed by atoms with Crippen molar-refractivity contribution in [3.63, 3.8) is 0 Å². The van der Waals surface area contributed by atoms with Gasteiger partial charge in [0.1, 0.15) is 10.8 Å². The highest BCUT2D eigenvalue weighted by Crippen LogP contribution is 2.27. The predicted molar refractivity (Wildman–Crippen MR) is 96.8 cm³/mol. The van der Waals surface area contributed by atoms with Crippen LogP contribution in [-0.2, 0) is 0 Å². The Balaban J connectivity index is 1.66. The number of nitrogens with zero attached hydrogens (tertiary/aromatic N) is 2. The van der Waals surface area contributed by atoms with E-state index in [9.17, 15) is 0 Å². The molecule has 0 fully saturated rings. The molecule has 2 aromatic carbocycles. The molecule has 0 saturated carbocycles. The molecule has 0 amide bonds. The number of benzene rings is 2. The molecule has 0 aliphatic rings. The number of aromatic nitrogens is 2. The summed E-state index contributed by atoms with van der Waals surface area (Å²) >= 11 is 1.66. The van der Waals surface area contributed by atoms with Crippen LogP contribution in [0.2, 0.25) is 0 Å². The molecule has 0 atom stereocenters. The number of ether oxygens (including phenoxy) is 1. The molecule has 0 aliphatic carbocycles. The van der Waals surface area contributed by atoms with Gasteiger partial charge in [-0.2, -0.15) is 0 Å². The third kappa shape index (κ3) is 2.81. The maximum Gasteiger partial charge on any atom is 0.120 e. The Hall–Kier alpha value is -2.72. The Morgan fingerprint density at radius 3 is 2.83 bits per heavy atom. The lowest BCUT2D eigenvalue weighted by Crippen LogP contribution is -1.80. The third-order valence-electron chi connectivity index (χ3n) is 3.66.